The summed E-state index contributed by atoms with van der Waals surface area (Å²) in [4.78, 5) is 12.3. The summed E-state index contributed by atoms with van der Waals surface area (Å²) in [5.74, 6) is 1.55. The van der Waals surface area contributed by atoms with Gasteiger partial charge in [0.2, 0.25) is 5.88 Å². The standard InChI is InChI=1S/C14H12N4O/c1-9-13(15)17-8-18-14(9)19-11-5-4-10-3-2-6-16-12(10)7-11/h2-8H,1H3,(H2,15,17,18). The summed E-state index contributed by atoms with van der Waals surface area (Å²) in [7, 11) is 0. The molecule has 3 aromatic rings. The smallest absolute Gasteiger partial charge is 0.227 e. The first-order chi connectivity index (χ1) is 9.24. The van der Waals surface area contributed by atoms with Gasteiger partial charge in [-0.25, -0.2) is 9.97 Å². The Kier molecular flexibility index (Phi) is 2.72. The Morgan fingerprint density at radius 3 is 2.89 bits per heavy atom. The SMILES string of the molecule is Cc1c(N)ncnc1Oc1ccc2cccnc2c1. The molecule has 2 N–H and O–H groups in total. The van der Waals surface area contributed by atoms with Crippen molar-refractivity contribution in [1.82, 2.24) is 15.0 Å². The number of hydrogen-bond acceptors (Lipinski definition) is 5. The number of fused-ring (bicyclic) bond motifs is 1. The topological polar surface area (TPSA) is 73.9 Å². The Labute approximate surface area is 110 Å². The highest BCUT2D eigenvalue weighted by molar-refractivity contribution is 5.79. The summed E-state index contributed by atoms with van der Waals surface area (Å²) in [5.41, 5.74) is 7.32. The van der Waals surface area contributed by atoms with Gasteiger partial charge >= 0.3 is 0 Å². The van der Waals surface area contributed by atoms with Crippen molar-refractivity contribution in [3.05, 3.63) is 48.4 Å². The maximum absolute atomic E-state index is 5.73. The Bertz CT molecular complexity index is 742. The lowest BCUT2D eigenvalue weighted by atomic mass is 10.2. The average molecular weight is 252 g/mol. The van der Waals surface area contributed by atoms with Crippen LogP contribution in [0.5, 0.6) is 11.6 Å². The first-order valence-electron chi connectivity index (χ1n) is 5.84. The quantitative estimate of drug-likeness (QED) is 0.759. The fourth-order valence-corrected chi connectivity index (χ4v) is 1.77. The number of benzene rings is 1. The van der Waals surface area contributed by atoms with E-state index >= 15 is 0 Å². The van der Waals surface area contributed by atoms with E-state index in [1.54, 1.807) is 6.20 Å². The Balaban J connectivity index is 1.99. The minimum atomic E-state index is 0.420. The number of aromatic nitrogens is 3. The fraction of sp³-hybridized carbons (Fsp3) is 0.0714. The highest BCUT2D eigenvalue weighted by Gasteiger charge is 2.07. The van der Waals surface area contributed by atoms with Crippen LogP contribution in [0.3, 0.4) is 0 Å². The third-order valence-electron chi connectivity index (χ3n) is 2.87. The van der Waals surface area contributed by atoms with Gasteiger partial charge < -0.3 is 10.5 Å². The predicted octanol–water partition coefficient (Wildman–Crippen LogP) is 2.71. The molecule has 0 amide bonds. The second kappa shape index (κ2) is 4.53. The molecule has 2 heterocycles. The van der Waals surface area contributed by atoms with Gasteiger partial charge in [0.25, 0.3) is 0 Å². The first kappa shape index (κ1) is 11.4. The van der Waals surface area contributed by atoms with Crippen molar-refractivity contribution >= 4 is 16.7 Å². The molecule has 2 aromatic heterocycles. The van der Waals surface area contributed by atoms with E-state index < -0.39 is 0 Å². The van der Waals surface area contributed by atoms with E-state index in [1.165, 1.54) is 6.33 Å². The first-order valence-corrected chi connectivity index (χ1v) is 5.84. The van der Waals surface area contributed by atoms with Gasteiger partial charge in [-0.2, -0.15) is 0 Å². The molecular formula is C14H12N4O. The van der Waals surface area contributed by atoms with Crippen LogP contribution in [0, 0.1) is 6.92 Å². The van der Waals surface area contributed by atoms with Gasteiger partial charge in [0, 0.05) is 17.6 Å². The molecular weight excluding hydrogens is 240 g/mol. The van der Waals surface area contributed by atoms with Crippen molar-refractivity contribution in [2.24, 2.45) is 0 Å². The maximum atomic E-state index is 5.73. The van der Waals surface area contributed by atoms with Crippen molar-refractivity contribution in [1.29, 1.82) is 0 Å². The molecule has 1 aromatic carbocycles. The molecule has 0 unspecified atom stereocenters. The fourth-order valence-electron chi connectivity index (χ4n) is 1.77. The van der Waals surface area contributed by atoms with Gasteiger partial charge in [0.15, 0.2) is 0 Å². The van der Waals surface area contributed by atoms with Crippen molar-refractivity contribution in [3.8, 4) is 11.6 Å². The molecule has 0 saturated heterocycles. The van der Waals surface area contributed by atoms with Crippen LogP contribution in [0.2, 0.25) is 0 Å². The van der Waals surface area contributed by atoms with Gasteiger partial charge in [-0.15, -0.1) is 0 Å². The maximum Gasteiger partial charge on any atom is 0.227 e. The number of hydrogen-bond donors (Lipinski definition) is 1. The van der Waals surface area contributed by atoms with Crippen LogP contribution in [-0.4, -0.2) is 15.0 Å². The zero-order valence-electron chi connectivity index (χ0n) is 10.4. The summed E-state index contributed by atoms with van der Waals surface area (Å²) in [5, 5.41) is 1.06. The van der Waals surface area contributed by atoms with Crippen molar-refractivity contribution in [2.75, 3.05) is 5.73 Å². The number of nitrogens with two attached hydrogens (primary N) is 1. The molecule has 0 bridgehead atoms. The van der Waals surface area contributed by atoms with Gasteiger partial charge in [-0.05, 0) is 25.1 Å². The van der Waals surface area contributed by atoms with E-state index in [-0.39, 0.29) is 0 Å². The molecule has 0 radical (unpaired) electrons. The molecule has 0 aliphatic rings. The van der Waals surface area contributed by atoms with Gasteiger partial charge in [0.05, 0.1) is 11.1 Å². The van der Waals surface area contributed by atoms with Gasteiger partial charge in [0.1, 0.15) is 17.9 Å². The Morgan fingerprint density at radius 2 is 2.00 bits per heavy atom. The number of pyridine rings is 1. The van der Waals surface area contributed by atoms with Crippen LogP contribution in [0.15, 0.2) is 42.9 Å². The molecule has 3 rings (SSSR count). The molecule has 0 aliphatic carbocycles. The largest absolute Gasteiger partial charge is 0.438 e. The second-order valence-electron chi connectivity index (χ2n) is 4.15. The summed E-state index contributed by atoms with van der Waals surface area (Å²) in [6.45, 7) is 1.82. The number of rotatable bonds is 2. The van der Waals surface area contributed by atoms with Crippen LogP contribution >= 0.6 is 0 Å². The molecule has 0 spiro atoms. The molecule has 5 heteroatoms. The lowest BCUT2D eigenvalue weighted by Gasteiger charge is -2.08. The normalized spacial score (nSPS) is 10.6. The summed E-state index contributed by atoms with van der Waals surface area (Å²) in [6.07, 6.45) is 3.14. The highest BCUT2D eigenvalue weighted by Crippen LogP contribution is 2.26. The number of nitrogen functional groups attached to an aromatic ring is 1. The molecule has 0 saturated carbocycles. The van der Waals surface area contributed by atoms with Gasteiger partial charge in [-0.1, -0.05) is 6.07 Å². The second-order valence-corrected chi connectivity index (χ2v) is 4.15. The number of anilines is 1. The summed E-state index contributed by atoms with van der Waals surface area (Å²) >= 11 is 0. The minimum absolute atomic E-state index is 0.420. The molecule has 0 fully saturated rings. The van der Waals surface area contributed by atoms with Crippen molar-refractivity contribution in [3.63, 3.8) is 0 Å². The Hall–Kier alpha value is -2.69. The predicted molar refractivity (Wildman–Crippen MR) is 73.0 cm³/mol. The van der Waals surface area contributed by atoms with E-state index in [4.69, 9.17) is 10.5 Å². The van der Waals surface area contributed by atoms with Crippen molar-refractivity contribution < 1.29 is 4.74 Å². The zero-order chi connectivity index (χ0) is 13.2. The van der Waals surface area contributed by atoms with E-state index in [2.05, 4.69) is 15.0 Å². The van der Waals surface area contributed by atoms with Crippen LogP contribution in [0.1, 0.15) is 5.56 Å². The van der Waals surface area contributed by atoms with Crippen molar-refractivity contribution in [2.45, 2.75) is 6.92 Å². The van der Waals surface area contributed by atoms with Gasteiger partial charge in [-0.3, -0.25) is 4.98 Å². The molecule has 94 valence electrons. The van der Waals surface area contributed by atoms with E-state index in [9.17, 15) is 0 Å². The third-order valence-corrected chi connectivity index (χ3v) is 2.87. The number of nitrogens with zero attached hydrogens (tertiary/aromatic N) is 3. The summed E-state index contributed by atoms with van der Waals surface area (Å²) < 4.78 is 5.73. The van der Waals surface area contributed by atoms with Crippen LogP contribution < -0.4 is 10.5 Å². The molecule has 0 aliphatic heterocycles. The number of ether oxygens (including phenoxy) is 1. The van der Waals surface area contributed by atoms with Crippen LogP contribution in [0.4, 0.5) is 5.82 Å². The lowest BCUT2D eigenvalue weighted by molar-refractivity contribution is 0.458. The summed E-state index contributed by atoms with van der Waals surface area (Å²) in [6, 6.07) is 9.60. The van der Waals surface area contributed by atoms with E-state index in [0.717, 1.165) is 16.5 Å². The average Bonchev–Trinajstić information content (AvgIpc) is 2.44. The molecule has 19 heavy (non-hydrogen) atoms. The lowest BCUT2D eigenvalue weighted by Crippen LogP contribution is -1.99. The molecule has 0 atom stereocenters. The Morgan fingerprint density at radius 1 is 1.11 bits per heavy atom. The van der Waals surface area contributed by atoms with Crippen LogP contribution in [-0.2, 0) is 0 Å². The molecule has 5 nitrogen and oxygen atoms in total. The van der Waals surface area contributed by atoms with Crippen LogP contribution in [0.25, 0.3) is 10.9 Å². The van der Waals surface area contributed by atoms with E-state index in [1.807, 2.05) is 37.3 Å². The zero-order valence-corrected chi connectivity index (χ0v) is 10.4. The van der Waals surface area contributed by atoms with E-state index in [0.29, 0.717) is 17.4 Å². The third kappa shape index (κ3) is 2.18. The monoisotopic (exact) mass is 252 g/mol. The highest BCUT2D eigenvalue weighted by atomic mass is 16.5. The minimum Gasteiger partial charge on any atom is -0.438 e.